The van der Waals surface area contributed by atoms with Crippen molar-refractivity contribution in [3.63, 3.8) is 0 Å². The number of hydrogen-bond donors (Lipinski definition) is 1. The van der Waals surface area contributed by atoms with Gasteiger partial charge in [0.25, 0.3) is 0 Å². The van der Waals surface area contributed by atoms with Gasteiger partial charge in [0, 0.05) is 21.7 Å². The van der Waals surface area contributed by atoms with Crippen molar-refractivity contribution < 1.29 is 4.39 Å². The van der Waals surface area contributed by atoms with Crippen LogP contribution in [0.5, 0.6) is 0 Å². The first-order chi connectivity index (χ1) is 8.15. The molecule has 17 heavy (non-hydrogen) atoms. The van der Waals surface area contributed by atoms with Crippen LogP contribution in [0.2, 0.25) is 0 Å². The van der Waals surface area contributed by atoms with Gasteiger partial charge >= 0.3 is 0 Å². The van der Waals surface area contributed by atoms with Crippen LogP contribution in [0.1, 0.15) is 5.56 Å². The molecule has 0 aliphatic carbocycles. The number of nitrogens with one attached hydrogen (secondary N) is 1. The fourth-order valence-electron chi connectivity index (χ4n) is 1.34. The van der Waals surface area contributed by atoms with E-state index in [9.17, 15) is 4.39 Å². The summed E-state index contributed by atoms with van der Waals surface area (Å²) < 4.78 is 14.9. The Kier molecular flexibility index (Phi) is 4.12. The maximum absolute atomic E-state index is 13.1. The molecule has 0 fully saturated rings. The average molecular weight is 360 g/mol. The fourth-order valence-corrected chi connectivity index (χ4v) is 1.97. The van der Waals surface area contributed by atoms with Crippen molar-refractivity contribution in [3.05, 3.63) is 56.9 Å². The Morgan fingerprint density at radius 1 is 1.18 bits per heavy atom. The minimum Gasteiger partial charge on any atom is -0.366 e. The molecule has 88 valence electrons. The lowest BCUT2D eigenvalue weighted by molar-refractivity contribution is 0.625. The third-order valence-corrected chi connectivity index (χ3v) is 3.44. The molecule has 0 aliphatic heterocycles. The minimum absolute atomic E-state index is 0.242. The van der Waals surface area contributed by atoms with Gasteiger partial charge in [-0.2, -0.15) is 0 Å². The Bertz CT molecular complexity index is 514. The Morgan fingerprint density at radius 2 is 2.00 bits per heavy atom. The van der Waals surface area contributed by atoms with Crippen LogP contribution in [0.3, 0.4) is 0 Å². The van der Waals surface area contributed by atoms with Crippen LogP contribution in [-0.4, -0.2) is 4.98 Å². The third kappa shape index (κ3) is 3.51. The van der Waals surface area contributed by atoms with Gasteiger partial charge in [-0.05, 0) is 51.8 Å². The van der Waals surface area contributed by atoms with E-state index in [-0.39, 0.29) is 5.82 Å². The van der Waals surface area contributed by atoms with E-state index in [0.717, 1.165) is 20.3 Å². The molecule has 2 aromatic rings. The van der Waals surface area contributed by atoms with Gasteiger partial charge in [-0.25, -0.2) is 9.37 Å². The predicted octanol–water partition coefficient (Wildman–Crippen LogP) is 4.36. The van der Waals surface area contributed by atoms with Crippen molar-refractivity contribution in [1.82, 2.24) is 4.98 Å². The summed E-state index contributed by atoms with van der Waals surface area (Å²) >= 11 is 6.70. The molecule has 0 saturated carbocycles. The third-order valence-electron chi connectivity index (χ3n) is 2.20. The van der Waals surface area contributed by atoms with Crippen molar-refractivity contribution >= 4 is 37.7 Å². The molecular weight excluding hydrogens is 351 g/mol. The summed E-state index contributed by atoms with van der Waals surface area (Å²) in [4.78, 5) is 4.18. The molecule has 1 N–H and O–H groups in total. The summed E-state index contributed by atoms with van der Waals surface area (Å²) in [7, 11) is 0. The van der Waals surface area contributed by atoms with E-state index >= 15 is 0 Å². The molecule has 0 saturated heterocycles. The number of hydrogen-bond acceptors (Lipinski definition) is 2. The van der Waals surface area contributed by atoms with Crippen molar-refractivity contribution in [3.8, 4) is 0 Å². The first kappa shape index (κ1) is 12.5. The van der Waals surface area contributed by atoms with Gasteiger partial charge < -0.3 is 5.32 Å². The van der Waals surface area contributed by atoms with Crippen molar-refractivity contribution in [2.24, 2.45) is 0 Å². The van der Waals surface area contributed by atoms with Crippen LogP contribution >= 0.6 is 31.9 Å². The Morgan fingerprint density at radius 3 is 2.71 bits per heavy atom. The molecule has 0 radical (unpaired) electrons. The van der Waals surface area contributed by atoms with Crippen LogP contribution in [0.4, 0.5) is 10.2 Å². The molecule has 2 rings (SSSR count). The molecule has 0 atom stereocenters. The first-order valence-electron chi connectivity index (χ1n) is 4.94. The Labute approximate surface area is 116 Å². The second-order valence-electron chi connectivity index (χ2n) is 3.45. The number of halogens is 3. The van der Waals surface area contributed by atoms with E-state index in [0.29, 0.717) is 6.54 Å². The summed E-state index contributed by atoms with van der Waals surface area (Å²) in [5.41, 5.74) is 0.856. The van der Waals surface area contributed by atoms with Gasteiger partial charge in [0.05, 0.1) is 0 Å². The van der Waals surface area contributed by atoms with Gasteiger partial charge in [0.15, 0.2) is 0 Å². The number of anilines is 1. The molecule has 5 heteroatoms. The van der Waals surface area contributed by atoms with Crippen LogP contribution in [0, 0.1) is 5.82 Å². The molecule has 0 unspecified atom stereocenters. The number of rotatable bonds is 3. The zero-order chi connectivity index (χ0) is 12.3. The maximum Gasteiger partial charge on any atom is 0.126 e. The number of benzene rings is 1. The summed E-state index contributed by atoms with van der Waals surface area (Å²) in [6.07, 6.45) is 1.71. The standard InChI is InChI=1S/C12H9Br2FN2/c13-9-1-4-12(17-7-9)16-6-8-5-10(15)2-3-11(8)14/h1-5,7H,6H2,(H,16,17). The van der Waals surface area contributed by atoms with Gasteiger partial charge in [-0.1, -0.05) is 15.9 Å². The Hall–Kier alpha value is -0.940. The lowest BCUT2D eigenvalue weighted by atomic mass is 10.2. The minimum atomic E-state index is -0.242. The molecular formula is C12H9Br2FN2. The predicted molar refractivity (Wildman–Crippen MR) is 73.4 cm³/mol. The Balaban J connectivity index is 2.07. The largest absolute Gasteiger partial charge is 0.366 e. The molecule has 0 amide bonds. The van der Waals surface area contributed by atoms with E-state index in [2.05, 4.69) is 42.2 Å². The summed E-state index contributed by atoms with van der Waals surface area (Å²) in [5, 5.41) is 3.13. The normalized spacial score (nSPS) is 10.3. The highest BCUT2D eigenvalue weighted by Crippen LogP contribution is 2.19. The molecule has 0 bridgehead atoms. The van der Waals surface area contributed by atoms with Crippen LogP contribution in [0.15, 0.2) is 45.5 Å². The molecule has 1 heterocycles. The zero-order valence-electron chi connectivity index (χ0n) is 8.75. The van der Waals surface area contributed by atoms with Crippen LogP contribution in [0.25, 0.3) is 0 Å². The summed E-state index contributed by atoms with van der Waals surface area (Å²) in [5.74, 6) is 0.512. The van der Waals surface area contributed by atoms with Crippen molar-refractivity contribution in [2.45, 2.75) is 6.54 Å². The second-order valence-corrected chi connectivity index (χ2v) is 5.22. The fraction of sp³-hybridized carbons (Fsp3) is 0.0833. The van der Waals surface area contributed by atoms with E-state index in [1.807, 2.05) is 12.1 Å². The molecule has 0 aliphatic rings. The van der Waals surface area contributed by atoms with Gasteiger partial charge in [-0.15, -0.1) is 0 Å². The van der Waals surface area contributed by atoms with E-state index in [4.69, 9.17) is 0 Å². The number of aromatic nitrogens is 1. The van der Waals surface area contributed by atoms with E-state index < -0.39 is 0 Å². The topological polar surface area (TPSA) is 24.9 Å². The van der Waals surface area contributed by atoms with Crippen molar-refractivity contribution in [2.75, 3.05) is 5.32 Å². The summed E-state index contributed by atoms with van der Waals surface area (Å²) in [6, 6.07) is 8.37. The SMILES string of the molecule is Fc1ccc(Br)c(CNc2ccc(Br)cn2)c1. The van der Waals surface area contributed by atoms with E-state index in [1.54, 1.807) is 12.3 Å². The van der Waals surface area contributed by atoms with Gasteiger partial charge in [0.2, 0.25) is 0 Å². The second kappa shape index (κ2) is 5.60. The molecule has 1 aromatic carbocycles. The number of pyridine rings is 1. The molecule has 0 spiro atoms. The van der Waals surface area contributed by atoms with Crippen LogP contribution in [-0.2, 0) is 6.54 Å². The number of nitrogens with zero attached hydrogens (tertiary/aromatic N) is 1. The zero-order valence-corrected chi connectivity index (χ0v) is 11.9. The first-order valence-corrected chi connectivity index (χ1v) is 6.53. The van der Waals surface area contributed by atoms with Gasteiger partial charge in [0.1, 0.15) is 11.6 Å². The molecule has 1 aromatic heterocycles. The summed E-state index contributed by atoms with van der Waals surface area (Å²) in [6.45, 7) is 0.521. The quantitative estimate of drug-likeness (QED) is 0.880. The highest BCUT2D eigenvalue weighted by Gasteiger charge is 2.02. The van der Waals surface area contributed by atoms with Gasteiger partial charge in [-0.3, -0.25) is 0 Å². The highest BCUT2D eigenvalue weighted by atomic mass is 79.9. The smallest absolute Gasteiger partial charge is 0.126 e. The lowest BCUT2D eigenvalue weighted by Gasteiger charge is -2.07. The highest BCUT2D eigenvalue weighted by molar-refractivity contribution is 9.10. The van der Waals surface area contributed by atoms with Crippen LogP contribution < -0.4 is 5.32 Å². The monoisotopic (exact) mass is 358 g/mol. The molecule has 2 nitrogen and oxygen atoms in total. The van der Waals surface area contributed by atoms with E-state index in [1.165, 1.54) is 12.1 Å². The average Bonchev–Trinajstić information content (AvgIpc) is 2.32. The maximum atomic E-state index is 13.1. The lowest BCUT2D eigenvalue weighted by Crippen LogP contribution is -2.02. The van der Waals surface area contributed by atoms with Crippen molar-refractivity contribution in [1.29, 1.82) is 0 Å².